The first-order valence-electron chi connectivity index (χ1n) is 5.25. The minimum absolute atomic E-state index is 0. The third kappa shape index (κ3) is 1.74. The molecule has 1 atom stereocenters. The third-order valence-electron chi connectivity index (χ3n) is 3.05. The highest BCUT2D eigenvalue weighted by Crippen LogP contribution is 2.20. The Balaban J connectivity index is 0.000000963. The molecule has 0 aliphatic carbocycles. The first kappa shape index (κ1) is 11.2. The molecule has 0 amide bonds. The van der Waals surface area contributed by atoms with Crippen LogP contribution in [0.1, 0.15) is 18.0 Å². The Hall–Kier alpha value is -1.26. The fourth-order valence-corrected chi connectivity index (χ4v) is 2.22. The summed E-state index contributed by atoms with van der Waals surface area (Å²) in [4.78, 5) is 14.7. The molecule has 2 N–H and O–H groups in total. The van der Waals surface area contributed by atoms with Crippen LogP contribution in [0.4, 0.5) is 0 Å². The van der Waals surface area contributed by atoms with E-state index < -0.39 is 0 Å². The number of hydrogen-bond acceptors (Lipinski definition) is 2. The number of rotatable bonds is 1. The molecule has 1 aliphatic rings. The first-order valence-corrected chi connectivity index (χ1v) is 5.25. The summed E-state index contributed by atoms with van der Waals surface area (Å²) in [7, 11) is 0. The smallest absolute Gasteiger partial charge is 0.316 e. The number of nitrogens with one attached hydrogen (secondary N) is 2. The lowest BCUT2D eigenvalue weighted by molar-refractivity contribution is 0.723. The second-order valence-electron chi connectivity index (χ2n) is 4.02. The van der Waals surface area contributed by atoms with Crippen LogP contribution in [0.25, 0.3) is 5.52 Å². The monoisotopic (exact) mass is 239 g/mol. The molecule has 0 bridgehead atoms. The second kappa shape index (κ2) is 4.31. The van der Waals surface area contributed by atoms with Crippen molar-refractivity contribution >= 4 is 17.9 Å². The van der Waals surface area contributed by atoms with Gasteiger partial charge >= 0.3 is 5.69 Å². The predicted octanol–water partition coefficient (Wildman–Crippen LogP) is 1.13. The maximum atomic E-state index is 11.7. The van der Waals surface area contributed by atoms with E-state index in [-0.39, 0.29) is 18.1 Å². The lowest BCUT2D eigenvalue weighted by Gasteiger charge is -2.08. The summed E-state index contributed by atoms with van der Waals surface area (Å²) in [6.07, 6.45) is 2.89. The highest BCUT2D eigenvalue weighted by Gasteiger charge is 2.17. The van der Waals surface area contributed by atoms with Crippen LogP contribution in [0.2, 0.25) is 0 Å². The zero-order valence-electron chi connectivity index (χ0n) is 8.77. The van der Waals surface area contributed by atoms with Crippen molar-refractivity contribution < 1.29 is 0 Å². The fraction of sp³-hybridized carbons (Fsp3) is 0.364. The van der Waals surface area contributed by atoms with Crippen LogP contribution in [0.5, 0.6) is 0 Å². The highest BCUT2D eigenvalue weighted by molar-refractivity contribution is 5.85. The van der Waals surface area contributed by atoms with Gasteiger partial charge in [-0.2, -0.15) is 0 Å². The van der Waals surface area contributed by atoms with E-state index in [1.165, 1.54) is 0 Å². The zero-order chi connectivity index (χ0) is 10.3. The van der Waals surface area contributed by atoms with Gasteiger partial charge in [0.1, 0.15) is 0 Å². The van der Waals surface area contributed by atoms with E-state index in [9.17, 15) is 4.79 Å². The van der Waals surface area contributed by atoms with Crippen LogP contribution in [-0.2, 0) is 0 Å². The molecular formula is C11H14ClN3O. The highest BCUT2D eigenvalue weighted by atomic mass is 35.5. The Kier molecular flexibility index (Phi) is 3.03. The molecule has 0 spiro atoms. The van der Waals surface area contributed by atoms with Crippen LogP contribution in [0.15, 0.2) is 29.2 Å². The Morgan fingerprint density at radius 3 is 3.06 bits per heavy atom. The summed E-state index contributed by atoms with van der Waals surface area (Å²) in [5.74, 6) is 0.456. The standard InChI is InChI=1S/C11H13N3O.ClH/c15-11-13-10(8-3-4-12-7-8)6-9-2-1-5-14(9)11;/h1-2,5-6,8,12H,3-4,7H2,(H,13,15);1H. The van der Waals surface area contributed by atoms with Crippen molar-refractivity contribution in [3.63, 3.8) is 0 Å². The van der Waals surface area contributed by atoms with Crippen LogP contribution >= 0.6 is 12.4 Å². The Morgan fingerprint density at radius 1 is 1.44 bits per heavy atom. The van der Waals surface area contributed by atoms with Crippen molar-refractivity contribution in [3.8, 4) is 0 Å². The van der Waals surface area contributed by atoms with Gasteiger partial charge in [-0.3, -0.25) is 4.40 Å². The van der Waals surface area contributed by atoms with Gasteiger partial charge < -0.3 is 10.3 Å². The van der Waals surface area contributed by atoms with Gasteiger partial charge in [-0.05, 0) is 31.2 Å². The largest absolute Gasteiger partial charge is 0.330 e. The van der Waals surface area contributed by atoms with Gasteiger partial charge in [-0.15, -0.1) is 12.4 Å². The number of H-pyrrole nitrogens is 1. The Morgan fingerprint density at radius 2 is 2.31 bits per heavy atom. The molecule has 1 saturated heterocycles. The number of fused-ring (bicyclic) bond motifs is 1. The summed E-state index contributed by atoms with van der Waals surface area (Å²) >= 11 is 0. The van der Waals surface area contributed by atoms with E-state index in [4.69, 9.17) is 0 Å². The molecule has 1 aliphatic heterocycles. The van der Waals surface area contributed by atoms with Gasteiger partial charge in [0, 0.05) is 24.4 Å². The topological polar surface area (TPSA) is 49.3 Å². The van der Waals surface area contributed by atoms with E-state index in [0.717, 1.165) is 30.7 Å². The molecule has 1 fully saturated rings. The molecule has 3 rings (SSSR count). The molecule has 2 aromatic rings. The van der Waals surface area contributed by atoms with Gasteiger partial charge in [0.15, 0.2) is 0 Å². The molecular weight excluding hydrogens is 226 g/mol. The van der Waals surface area contributed by atoms with Crippen molar-refractivity contribution in [2.45, 2.75) is 12.3 Å². The van der Waals surface area contributed by atoms with Crippen LogP contribution in [0, 0.1) is 0 Å². The summed E-state index contributed by atoms with van der Waals surface area (Å²) in [6, 6.07) is 5.92. The van der Waals surface area contributed by atoms with E-state index in [1.807, 2.05) is 12.1 Å². The number of hydrogen-bond donors (Lipinski definition) is 2. The van der Waals surface area contributed by atoms with Crippen molar-refractivity contribution in [1.82, 2.24) is 14.7 Å². The molecule has 4 nitrogen and oxygen atoms in total. The normalized spacial score (nSPS) is 19.9. The van der Waals surface area contributed by atoms with Crippen molar-refractivity contribution in [3.05, 3.63) is 40.6 Å². The molecule has 0 radical (unpaired) electrons. The van der Waals surface area contributed by atoms with Crippen LogP contribution < -0.4 is 11.0 Å². The van der Waals surface area contributed by atoms with Gasteiger partial charge in [-0.1, -0.05) is 0 Å². The van der Waals surface area contributed by atoms with Crippen LogP contribution in [-0.4, -0.2) is 22.5 Å². The SMILES string of the molecule is Cl.O=c1[nH]c(C2CCNC2)cc2cccn12. The molecule has 1 unspecified atom stereocenters. The summed E-state index contributed by atoms with van der Waals surface area (Å²) in [5, 5.41) is 3.30. The molecule has 16 heavy (non-hydrogen) atoms. The Labute approximate surface area is 99.1 Å². The molecule has 0 aromatic carbocycles. The molecule has 2 aromatic heterocycles. The third-order valence-corrected chi connectivity index (χ3v) is 3.05. The lowest BCUT2D eigenvalue weighted by atomic mass is 10.0. The Bertz CT molecular complexity index is 539. The second-order valence-corrected chi connectivity index (χ2v) is 4.02. The summed E-state index contributed by atoms with van der Waals surface area (Å²) in [6.45, 7) is 2.01. The predicted molar refractivity (Wildman–Crippen MR) is 65.5 cm³/mol. The molecule has 86 valence electrons. The summed E-state index contributed by atoms with van der Waals surface area (Å²) in [5.41, 5.74) is 1.98. The van der Waals surface area contributed by atoms with Gasteiger partial charge in [0.2, 0.25) is 0 Å². The lowest BCUT2D eigenvalue weighted by Crippen LogP contribution is -2.19. The van der Waals surface area contributed by atoms with Gasteiger partial charge in [0.05, 0.1) is 5.52 Å². The molecule has 3 heterocycles. The minimum Gasteiger partial charge on any atom is -0.316 e. The summed E-state index contributed by atoms with van der Waals surface area (Å²) < 4.78 is 1.63. The minimum atomic E-state index is -0.0422. The average Bonchev–Trinajstić information content (AvgIpc) is 2.88. The quantitative estimate of drug-likeness (QED) is 0.784. The van der Waals surface area contributed by atoms with Gasteiger partial charge in [-0.25, -0.2) is 4.79 Å². The van der Waals surface area contributed by atoms with Crippen molar-refractivity contribution in [1.29, 1.82) is 0 Å². The van der Waals surface area contributed by atoms with Gasteiger partial charge in [0.25, 0.3) is 0 Å². The van der Waals surface area contributed by atoms with E-state index in [2.05, 4.69) is 16.4 Å². The number of nitrogens with zero attached hydrogens (tertiary/aromatic N) is 1. The van der Waals surface area contributed by atoms with E-state index in [0.29, 0.717) is 5.92 Å². The number of halogens is 1. The fourth-order valence-electron chi connectivity index (χ4n) is 2.22. The maximum absolute atomic E-state index is 11.7. The zero-order valence-corrected chi connectivity index (χ0v) is 9.59. The van der Waals surface area contributed by atoms with E-state index in [1.54, 1.807) is 10.6 Å². The first-order chi connectivity index (χ1) is 7.34. The number of aromatic nitrogens is 2. The maximum Gasteiger partial charge on any atom is 0.330 e. The number of aromatic amines is 1. The molecule has 5 heteroatoms. The van der Waals surface area contributed by atoms with E-state index >= 15 is 0 Å². The van der Waals surface area contributed by atoms with Crippen molar-refractivity contribution in [2.75, 3.05) is 13.1 Å². The van der Waals surface area contributed by atoms with Crippen molar-refractivity contribution in [2.24, 2.45) is 0 Å². The van der Waals surface area contributed by atoms with Crippen LogP contribution in [0.3, 0.4) is 0 Å². The average molecular weight is 240 g/mol. The molecule has 0 saturated carbocycles.